The fourth-order valence-electron chi connectivity index (χ4n) is 2.05. The molecule has 8 heteroatoms. The molecule has 5 N–H and O–H groups in total. The van der Waals surface area contributed by atoms with Gasteiger partial charge >= 0.3 is 0 Å². The Morgan fingerprint density at radius 2 is 2.44 bits per heavy atom. The molecule has 3 heterocycles. The van der Waals surface area contributed by atoms with E-state index in [0.717, 1.165) is 17.7 Å². The molecule has 0 spiro atoms. The van der Waals surface area contributed by atoms with Gasteiger partial charge in [-0.05, 0) is 18.6 Å². The zero-order chi connectivity index (χ0) is 12.4. The SMILES string of the molecule is NNc1nc(NCC2CCCS2)c2cn[nH]c2n1. The van der Waals surface area contributed by atoms with Crippen LogP contribution in [-0.2, 0) is 0 Å². The van der Waals surface area contributed by atoms with Crippen LogP contribution in [0.15, 0.2) is 6.20 Å². The van der Waals surface area contributed by atoms with Gasteiger partial charge in [-0.1, -0.05) is 0 Å². The van der Waals surface area contributed by atoms with E-state index in [-0.39, 0.29) is 0 Å². The van der Waals surface area contributed by atoms with Crippen LogP contribution in [0.25, 0.3) is 11.0 Å². The van der Waals surface area contributed by atoms with Crippen LogP contribution in [0.2, 0.25) is 0 Å². The van der Waals surface area contributed by atoms with E-state index in [9.17, 15) is 0 Å². The molecule has 1 saturated heterocycles. The Kier molecular flexibility index (Phi) is 3.20. The quantitative estimate of drug-likeness (QED) is 0.482. The van der Waals surface area contributed by atoms with Crippen LogP contribution in [0.5, 0.6) is 0 Å². The van der Waals surface area contributed by atoms with E-state index in [1.54, 1.807) is 6.20 Å². The van der Waals surface area contributed by atoms with Crippen LogP contribution in [0, 0.1) is 0 Å². The fourth-order valence-corrected chi connectivity index (χ4v) is 3.25. The van der Waals surface area contributed by atoms with Crippen molar-refractivity contribution in [2.75, 3.05) is 23.0 Å². The number of aromatic nitrogens is 4. The number of rotatable bonds is 4. The van der Waals surface area contributed by atoms with Gasteiger partial charge in [0.05, 0.1) is 11.6 Å². The summed E-state index contributed by atoms with van der Waals surface area (Å²) in [6.45, 7) is 0.909. The summed E-state index contributed by atoms with van der Waals surface area (Å²) < 4.78 is 0. The number of anilines is 2. The molecule has 1 aliphatic heterocycles. The van der Waals surface area contributed by atoms with Gasteiger partial charge in [-0.25, -0.2) is 5.84 Å². The minimum atomic E-state index is 0.383. The Morgan fingerprint density at radius 3 is 3.22 bits per heavy atom. The van der Waals surface area contributed by atoms with Crippen molar-refractivity contribution in [3.8, 4) is 0 Å². The molecule has 18 heavy (non-hydrogen) atoms. The Morgan fingerprint density at radius 1 is 1.50 bits per heavy atom. The number of hydrogen-bond donors (Lipinski definition) is 4. The molecule has 1 fully saturated rings. The molecule has 1 atom stereocenters. The molecular formula is C10H15N7S. The van der Waals surface area contributed by atoms with Crippen molar-refractivity contribution >= 4 is 34.6 Å². The van der Waals surface area contributed by atoms with Crippen LogP contribution in [0.1, 0.15) is 12.8 Å². The fraction of sp³-hybridized carbons (Fsp3) is 0.500. The summed E-state index contributed by atoms with van der Waals surface area (Å²) in [4.78, 5) is 8.51. The second kappa shape index (κ2) is 4.99. The van der Waals surface area contributed by atoms with Crippen LogP contribution >= 0.6 is 11.8 Å². The van der Waals surface area contributed by atoms with Gasteiger partial charge in [0.1, 0.15) is 5.82 Å². The topological polar surface area (TPSA) is 105 Å². The normalized spacial score (nSPS) is 19.3. The van der Waals surface area contributed by atoms with Crippen molar-refractivity contribution in [3.05, 3.63) is 6.20 Å². The van der Waals surface area contributed by atoms with Gasteiger partial charge in [-0.3, -0.25) is 10.5 Å². The Hall–Kier alpha value is -1.54. The summed E-state index contributed by atoms with van der Waals surface area (Å²) in [6.07, 6.45) is 4.29. The zero-order valence-corrected chi connectivity index (χ0v) is 10.6. The summed E-state index contributed by atoms with van der Waals surface area (Å²) in [5.74, 6) is 7.77. The standard InChI is InChI=1S/C10H15N7S/c11-16-10-14-8(7-5-13-17-9(7)15-10)12-4-6-2-1-3-18-6/h5-6H,1-4,11H2,(H3,12,13,14,15,16,17). The minimum Gasteiger partial charge on any atom is -0.368 e. The van der Waals surface area contributed by atoms with E-state index in [4.69, 9.17) is 5.84 Å². The number of nitrogens with zero attached hydrogens (tertiary/aromatic N) is 3. The zero-order valence-electron chi connectivity index (χ0n) is 9.81. The number of fused-ring (bicyclic) bond motifs is 1. The number of aromatic amines is 1. The lowest BCUT2D eigenvalue weighted by Crippen LogP contribution is -2.16. The Balaban J connectivity index is 1.82. The van der Waals surface area contributed by atoms with Crippen LogP contribution in [0.3, 0.4) is 0 Å². The lowest BCUT2D eigenvalue weighted by molar-refractivity contribution is 0.804. The lowest BCUT2D eigenvalue weighted by Gasteiger charge is -2.11. The second-order valence-electron chi connectivity index (χ2n) is 4.19. The highest BCUT2D eigenvalue weighted by Crippen LogP contribution is 2.27. The molecule has 0 aromatic carbocycles. The molecule has 2 aromatic heterocycles. The molecule has 2 aromatic rings. The first-order valence-corrected chi connectivity index (χ1v) is 6.95. The molecule has 0 aliphatic carbocycles. The first kappa shape index (κ1) is 11.5. The molecule has 7 nitrogen and oxygen atoms in total. The highest BCUT2D eigenvalue weighted by Gasteiger charge is 2.16. The molecule has 1 unspecified atom stereocenters. The van der Waals surface area contributed by atoms with Crippen LogP contribution < -0.4 is 16.6 Å². The van der Waals surface area contributed by atoms with E-state index in [2.05, 4.69) is 30.9 Å². The summed E-state index contributed by atoms with van der Waals surface area (Å²) >= 11 is 2.01. The number of nitrogen functional groups attached to an aromatic ring is 1. The highest BCUT2D eigenvalue weighted by molar-refractivity contribution is 8.00. The molecule has 0 radical (unpaired) electrons. The maximum atomic E-state index is 5.36. The monoisotopic (exact) mass is 265 g/mol. The van der Waals surface area contributed by atoms with Crippen molar-refractivity contribution in [3.63, 3.8) is 0 Å². The molecular weight excluding hydrogens is 250 g/mol. The van der Waals surface area contributed by atoms with Gasteiger partial charge in [-0.15, -0.1) is 0 Å². The smallest absolute Gasteiger partial charge is 0.241 e. The van der Waals surface area contributed by atoms with E-state index >= 15 is 0 Å². The van der Waals surface area contributed by atoms with E-state index < -0.39 is 0 Å². The number of hydrazine groups is 1. The summed E-state index contributed by atoms with van der Waals surface area (Å²) in [5.41, 5.74) is 3.14. The summed E-state index contributed by atoms with van der Waals surface area (Å²) in [7, 11) is 0. The molecule has 3 rings (SSSR count). The van der Waals surface area contributed by atoms with Crippen molar-refractivity contribution in [2.45, 2.75) is 18.1 Å². The van der Waals surface area contributed by atoms with Gasteiger partial charge in [0.15, 0.2) is 5.65 Å². The lowest BCUT2D eigenvalue weighted by atomic mass is 10.2. The van der Waals surface area contributed by atoms with Gasteiger partial charge in [0.2, 0.25) is 5.95 Å². The summed E-state index contributed by atoms with van der Waals surface area (Å²) in [6, 6.07) is 0. The van der Waals surface area contributed by atoms with E-state index in [0.29, 0.717) is 16.8 Å². The van der Waals surface area contributed by atoms with E-state index in [1.807, 2.05) is 11.8 Å². The van der Waals surface area contributed by atoms with Crippen LogP contribution in [0.4, 0.5) is 11.8 Å². The average Bonchev–Trinajstić information content (AvgIpc) is 3.06. The van der Waals surface area contributed by atoms with Crippen molar-refractivity contribution in [1.29, 1.82) is 0 Å². The Bertz CT molecular complexity index is 534. The highest BCUT2D eigenvalue weighted by atomic mass is 32.2. The summed E-state index contributed by atoms with van der Waals surface area (Å²) in [5, 5.41) is 11.7. The predicted octanol–water partition coefficient (Wildman–Crippen LogP) is 0.946. The van der Waals surface area contributed by atoms with Gasteiger partial charge in [0.25, 0.3) is 0 Å². The number of nitrogens with one attached hydrogen (secondary N) is 3. The number of H-pyrrole nitrogens is 1. The second-order valence-corrected chi connectivity index (χ2v) is 5.60. The minimum absolute atomic E-state index is 0.383. The predicted molar refractivity (Wildman–Crippen MR) is 73.5 cm³/mol. The number of nitrogens with two attached hydrogens (primary N) is 1. The first-order chi connectivity index (χ1) is 8.86. The molecule has 0 saturated carbocycles. The molecule has 1 aliphatic rings. The van der Waals surface area contributed by atoms with Gasteiger partial charge in [0, 0.05) is 11.8 Å². The average molecular weight is 265 g/mol. The van der Waals surface area contributed by atoms with E-state index in [1.165, 1.54) is 18.6 Å². The largest absolute Gasteiger partial charge is 0.368 e. The third-order valence-corrected chi connectivity index (χ3v) is 4.36. The molecule has 0 amide bonds. The molecule has 0 bridgehead atoms. The molecule has 96 valence electrons. The third kappa shape index (κ3) is 2.21. The van der Waals surface area contributed by atoms with Gasteiger partial charge in [-0.2, -0.15) is 26.8 Å². The first-order valence-electron chi connectivity index (χ1n) is 5.90. The van der Waals surface area contributed by atoms with Crippen molar-refractivity contribution in [2.24, 2.45) is 5.84 Å². The Labute approximate surface area is 108 Å². The third-order valence-electron chi connectivity index (χ3n) is 2.96. The van der Waals surface area contributed by atoms with Crippen LogP contribution in [-0.4, -0.2) is 37.7 Å². The van der Waals surface area contributed by atoms with Gasteiger partial charge < -0.3 is 5.32 Å². The number of thioether (sulfide) groups is 1. The maximum absolute atomic E-state index is 5.36. The number of hydrogen-bond acceptors (Lipinski definition) is 7. The van der Waals surface area contributed by atoms with Crippen molar-refractivity contribution in [1.82, 2.24) is 20.2 Å². The maximum Gasteiger partial charge on any atom is 0.241 e. The van der Waals surface area contributed by atoms with Crippen molar-refractivity contribution < 1.29 is 0 Å².